The Morgan fingerprint density at radius 1 is 1.50 bits per heavy atom. The van der Waals surface area contributed by atoms with E-state index in [-0.39, 0.29) is 16.7 Å². The van der Waals surface area contributed by atoms with Crippen molar-refractivity contribution >= 4 is 17.1 Å². The van der Waals surface area contributed by atoms with Crippen molar-refractivity contribution in [3.8, 4) is 6.08 Å². The molecular weight excluding hydrogens is 224 g/mol. The Morgan fingerprint density at radius 2 is 2.25 bits per heavy atom. The maximum atomic E-state index is 11.8. The third kappa shape index (κ3) is 1.92. The summed E-state index contributed by atoms with van der Waals surface area (Å²) in [4.78, 5) is 14.2. The largest absolute Gasteiger partial charge is 0.478 e. The summed E-state index contributed by atoms with van der Waals surface area (Å²) in [6.07, 6.45) is -0.590. The van der Waals surface area contributed by atoms with Gasteiger partial charge in [-0.1, -0.05) is 0 Å². The molecule has 2 rings (SSSR count). The third-order valence-corrected chi connectivity index (χ3v) is 1.80. The number of halogens is 2. The summed E-state index contributed by atoms with van der Waals surface area (Å²) in [5.74, 6) is -1.14. The molecular formula is C9H5F2NO4. The van der Waals surface area contributed by atoms with Crippen LogP contribution in [-0.2, 0) is 0 Å². The number of aromatic nitrogens is 1. The number of carboxylic acid groups (broad SMARTS) is 1. The van der Waals surface area contributed by atoms with Gasteiger partial charge in [0.15, 0.2) is 5.58 Å². The second-order valence-electron chi connectivity index (χ2n) is 2.85. The van der Waals surface area contributed by atoms with Gasteiger partial charge in [0.05, 0.1) is 5.56 Å². The number of ether oxygens (including phenoxy) is 1. The molecule has 0 aliphatic carbocycles. The van der Waals surface area contributed by atoms with Crippen LogP contribution in [0, 0.1) is 0 Å². The number of hydrogen-bond acceptors (Lipinski definition) is 4. The van der Waals surface area contributed by atoms with Crippen LogP contribution < -0.4 is 4.74 Å². The number of oxazole rings is 1. The van der Waals surface area contributed by atoms with Crippen molar-refractivity contribution < 1.29 is 27.8 Å². The number of fused-ring (bicyclic) bond motifs is 1. The molecule has 16 heavy (non-hydrogen) atoms. The lowest BCUT2D eigenvalue weighted by atomic mass is 10.2. The normalized spacial score (nSPS) is 10.9. The molecule has 0 amide bonds. The van der Waals surface area contributed by atoms with Crippen LogP contribution in [0.2, 0.25) is 0 Å². The van der Waals surface area contributed by atoms with Gasteiger partial charge in [0.25, 0.3) is 0 Å². The van der Waals surface area contributed by atoms with Crippen LogP contribution >= 0.6 is 0 Å². The molecule has 0 unspecified atom stereocenters. The van der Waals surface area contributed by atoms with E-state index in [4.69, 9.17) is 9.52 Å². The van der Waals surface area contributed by atoms with Crippen LogP contribution in [0.15, 0.2) is 22.6 Å². The Morgan fingerprint density at radius 3 is 2.88 bits per heavy atom. The number of benzene rings is 1. The smallest absolute Gasteiger partial charge is 0.399 e. The van der Waals surface area contributed by atoms with Gasteiger partial charge in [0.2, 0.25) is 0 Å². The van der Waals surface area contributed by atoms with Gasteiger partial charge in [-0.05, 0) is 18.2 Å². The number of hydrogen-bond donors (Lipinski definition) is 1. The summed E-state index contributed by atoms with van der Waals surface area (Å²) < 4.78 is 32.4. The topological polar surface area (TPSA) is 72.6 Å². The van der Waals surface area contributed by atoms with Crippen LogP contribution in [0.25, 0.3) is 11.1 Å². The zero-order valence-corrected chi connectivity index (χ0v) is 7.68. The van der Waals surface area contributed by atoms with E-state index in [0.717, 1.165) is 0 Å². The molecule has 0 aliphatic rings. The number of aromatic carboxylic acids is 1. The SMILES string of the molecule is O=C(O)c1ccc2oc(OC(F)F)nc2c1. The van der Waals surface area contributed by atoms with E-state index in [1.54, 1.807) is 0 Å². The second-order valence-corrected chi connectivity index (χ2v) is 2.85. The van der Waals surface area contributed by atoms with Crippen LogP contribution in [0.1, 0.15) is 10.4 Å². The van der Waals surface area contributed by atoms with E-state index < -0.39 is 18.7 Å². The Bertz CT molecular complexity index is 537. The maximum absolute atomic E-state index is 11.8. The van der Waals surface area contributed by atoms with E-state index in [9.17, 15) is 13.6 Å². The molecule has 0 radical (unpaired) electrons. The first-order valence-corrected chi connectivity index (χ1v) is 4.15. The van der Waals surface area contributed by atoms with Crippen molar-refractivity contribution in [2.75, 3.05) is 0 Å². The summed E-state index contributed by atoms with van der Waals surface area (Å²) in [5.41, 5.74) is 0.320. The van der Waals surface area contributed by atoms with Gasteiger partial charge in [-0.25, -0.2) is 4.79 Å². The van der Waals surface area contributed by atoms with Crippen molar-refractivity contribution in [1.29, 1.82) is 0 Å². The minimum atomic E-state index is -3.04. The number of carboxylic acids is 1. The maximum Gasteiger partial charge on any atom is 0.399 e. The zero-order chi connectivity index (χ0) is 11.7. The molecule has 0 bridgehead atoms. The van der Waals surface area contributed by atoms with Gasteiger partial charge in [-0.15, -0.1) is 0 Å². The Kier molecular flexibility index (Phi) is 2.43. The molecule has 84 valence electrons. The average molecular weight is 229 g/mol. The van der Waals surface area contributed by atoms with E-state index in [2.05, 4.69) is 9.72 Å². The van der Waals surface area contributed by atoms with E-state index in [1.807, 2.05) is 0 Å². The molecule has 2 aromatic rings. The van der Waals surface area contributed by atoms with Gasteiger partial charge >= 0.3 is 18.7 Å². The van der Waals surface area contributed by atoms with Gasteiger partial charge in [-0.2, -0.15) is 13.8 Å². The number of alkyl halides is 2. The van der Waals surface area contributed by atoms with Crippen LogP contribution in [0.3, 0.4) is 0 Å². The van der Waals surface area contributed by atoms with E-state index >= 15 is 0 Å². The van der Waals surface area contributed by atoms with Gasteiger partial charge in [-0.3, -0.25) is 0 Å². The summed E-state index contributed by atoms with van der Waals surface area (Å²) in [6.45, 7) is -3.04. The lowest BCUT2D eigenvalue weighted by Crippen LogP contribution is -2.01. The highest BCUT2D eigenvalue weighted by atomic mass is 19.3. The molecule has 1 N–H and O–H groups in total. The minimum Gasteiger partial charge on any atom is -0.478 e. The minimum absolute atomic E-state index is 0.00982. The first-order chi connectivity index (χ1) is 7.56. The summed E-state index contributed by atoms with van der Waals surface area (Å²) >= 11 is 0. The van der Waals surface area contributed by atoms with Crippen molar-refractivity contribution in [1.82, 2.24) is 4.98 Å². The van der Waals surface area contributed by atoms with Crippen LogP contribution in [0.4, 0.5) is 8.78 Å². The predicted molar refractivity (Wildman–Crippen MR) is 47.6 cm³/mol. The second kappa shape index (κ2) is 3.76. The number of rotatable bonds is 3. The Labute approximate surface area is 87.3 Å². The van der Waals surface area contributed by atoms with Gasteiger partial charge in [0.1, 0.15) is 5.52 Å². The van der Waals surface area contributed by atoms with E-state index in [1.165, 1.54) is 18.2 Å². The number of carbonyl (C=O) groups is 1. The first kappa shape index (κ1) is 10.3. The lowest BCUT2D eigenvalue weighted by Gasteiger charge is -1.94. The van der Waals surface area contributed by atoms with Gasteiger partial charge in [0, 0.05) is 0 Å². The fraction of sp³-hybridized carbons (Fsp3) is 0.111. The summed E-state index contributed by atoms with van der Waals surface area (Å²) in [5, 5.41) is 8.69. The van der Waals surface area contributed by atoms with Crippen molar-refractivity contribution in [3.05, 3.63) is 23.8 Å². The Balaban J connectivity index is 2.42. The average Bonchev–Trinajstić information content (AvgIpc) is 2.56. The van der Waals surface area contributed by atoms with Crippen molar-refractivity contribution in [3.63, 3.8) is 0 Å². The van der Waals surface area contributed by atoms with Crippen LogP contribution in [-0.4, -0.2) is 22.7 Å². The van der Waals surface area contributed by atoms with Crippen molar-refractivity contribution in [2.45, 2.75) is 6.61 Å². The first-order valence-electron chi connectivity index (χ1n) is 4.15. The zero-order valence-electron chi connectivity index (χ0n) is 7.68. The molecule has 0 atom stereocenters. The molecule has 1 heterocycles. The quantitative estimate of drug-likeness (QED) is 0.872. The van der Waals surface area contributed by atoms with Crippen molar-refractivity contribution in [2.24, 2.45) is 0 Å². The molecule has 0 aliphatic heterocycles. The Hall–Kier alpha value is -2.18. The molecule has 5 nitrogen and oxygen atoms in total. The molecule has 1 aromatic carbocycles. The molecule has 0 saturated heterocycles. The summed E-state index contributed by atoms with van der Waals surface area (Å²) in [7, 11) is 0. The van der Waals surface area contributed by atoms with E-state index in [0.29, 0.717) is 0 Å². The van der Waals surface area contributed by atoms with Crippen LogP contribution in [0.5, 0.6) is 6.08 Å². The summed E-state index contributed by atoms with van der Waals surface area (Å²) in [6, 6.07) is 3.81. The molecule has 0 saturated carbocycles. The highest BCUT2D eigenvalue weighted by Gasteiger charge is 2.13. The monoisotopic (exact) mass is 229 g/mol. The molecule has 0 fully saturated rings. The highest BCUT2D eigenvalue weighted by Crippen LogP contribution is 2.22. The fourth-order valence-electron chi connectivity index (χ4n) is 1.17. The predicted octanol–water partition coefficient (Wildman–Crippen LogP) is 2.13. The molecule has 7 heteroatoms. The molecule has 0 spiro atoms. The lowest BCUT2D eigenvalue weighted by molar-refractivity contribution is -0.0664. The van der Waals surface area contributed by atoms with Gasteiger partial charge < -0.3 is 14.3 Å². The fourth-order valence-corrected chi connectivity index (χ4v) is 1.17. The highest BCUT2D eigenvalue weighted by molar-refractivity contribution is 5.91. The third-order valence-electron chi connectivity index (χ3n) is 1.80. The standard InChI is InChI=1S/C9H5F2NO4/c10-8(11)16-9-12-5-3-4(7(13)14)1-2-6(5)15-9/h1-3,8H,(H,13,14). The number of nitrogens with zero attached hydrogens (tertiary/aromatic N) is 1. The molecule has 1 aromatic heterocycles.